The summed E-state index contributed by atoms with van der Waals surface area (Å²) in [5, 5.41) is 11.8. The summed E-state index contributed by atoms with van der Waals surface area (Å²) in [6.45, 7) is 4.54. The van der Waals surface area contributed by atoms with Gasteiger partial charge in [0, 0.05) is 26.0 Å². The number of aromatic nitrogens is 1. The maximum absolute atomic E-state index is 12.0. The summed E-state index contributed by atoms with van der Waals surface area (Å²) in [7, 11) is 1.64. The summed E-state index contributed by atoms with van der Waals surface area (Å²) in [4.78, 5) is 25.7. The van der Waals surface area contributed by atoms with Crippen molar-refractivity contribution in [3.8, 4) is 0 Å². The number of aryl methyl sites for hydroxylation is 1. The number of H-pyrrole nitrogens is 1. The van der Waals surface area contributed by atoms with Crippen LogP contribution in [0.25, 0.3) is 0 Å². The van der Waals surface area contributed by atoms with Gasteiger partial charge in [-0.05, 0) is 32.3 Å². The van der Waals surface area contributed by atoms with E-state index in [9.17, 15) is 9.59 Å². The topological polar surface area (TPSA) is 91.4 Å². The van der Waals surface area contributed by atoms with Crippen LogP contribution in [0.1, 0.15) is 44.9 Å². The highest BCUT2D eigenvalue weighted by molar-refractivity contribution is 6.00. The third-order valence-electron chi connectivity index (χ3n) is 2.94. The second-order valence-electron chi connectivity index (χ2n) is 4.39. The van der Waals surface area contributed by atoms with Gasteiger partial charge < -0.3 is 20.1 Å². The fourth-order valence-electron chi connectivity index (χ4n) is 1.97. The molecular formula is C13H20N2O4. The molecule has 6 heteroatoms. The van der Waals surface area contributed by atoms with Crippen LogP contribution in [0, 0.1) is 13.8 Å². The minimum absolute atomic E-state index is 0.0713. The number of aromatic carboxylic acids is 1. The third-order valence-corrected chi connectivity index (χ3v) is 2.94. The van der Waals surface area contributed by atoms with Crippen molar-refractivity contribution in [2.24, 2.45) is 0 Å². The number of hydrogen-bond donors (Lipinski definition) is 3. The Kier molecular flexibility index (Phi) is 5.57. The Balaban J connectivity index is 2.64. The van der Waals surface area contributed by atoms with E-state index in [4.69, 9.17) is 9.84 Å². The first-order valence-corrected chi connectivity index (χ1v) is 6.18. The molecule has 0 bridgehead atoms. The average Bonchev–Trinajstić information content (AvgIpc) is 2.64. The first kappa shape index (κ1) is 15.2. The van der Waals surface area contributed by atoms with E-state index in [-0.39, 0.29) is 11.6 Å². The van der Waals surface area contributed by atoms with Gasteiger partial charge in [-0.3, -0.25) is 4.79 Å². The number of amides is 1. The number of hydrogen-bond acceptors (Lipinski definition) is 3. The molecule has 19 heavy (non-hydrogen) atoms. The van der Waals surface area contributed by atoms with Crippen LogP contribution in [0.15, 0.2) is 0 Å². The predicted octanol–water partition coefficient (Wildman–Crippen LogP) is 1.49. The zero-order chi connectivity index (χ0) is 14.4. The minimum Gasteiger partial charge on any atom is -0.477 e. The highest BCUT2D eigenvalue weighted by atomic mass is 16.5. The molecule has 1 aromatic heterocycles. The maximum Gasteiger partial charge on any atom is 0.352 e. The van der Waals surface area contributed by atoms with Crippen molar-refractivity contribution >= 4 is 11.9 Å². The molecule has 0 aliphatic carbocycles. The molecular weight excluding hydrogens is 248 g/mol. The van der Waals surface area contributed by atoms with Crippen LogP contribution >= 0.6 is 0 Å². The SMILES string of the molecule is COCCCCNC(=O)c1c(C)[nH]c(C(=O)O)c1C. The fourth-order valence-corrected chi connectivity index (χ4v) is 1.97. The van der Waals surface area contributed by atoms with Crippen LogP contribution in [0.3, 0.4) is 0 Å². The summed E-state index contributed by atoms with van der Waals surface area (Å²) >= 11 is 0. The number of rotatable bonds is 7. The summed E-state index contributed by atoms with van der Waals surface area (Å²) in [6.07, 6.45) is 1.70. The third kappa shape index (κ3) is 3.82. The monoisotopic (exact) mass is 268 g/mol. The van der Waals surface area contributed by atoms with Gasteiger partial charge in [-0.2, -0.15) is 0 Å². The lowest BCUT2D eigenvalue weighted by Gasteiger charge is -2.05. The normalized spacial score (nSPS) is 10.5. The first-order chi connectivity index (χ1) is 8.99. The molecule has 6 nitrogen and oxygen atoms in total. The Labute approximate surface area is 112 Å². The molecule has 106 valence electrons. The summed E-state index contributed by atoms with van der Waals surface area (Å²) in [6, 6.07) is 0. The Morgan fingerprint density at radius 2 is 2.00 bits per heavy atom. The second kappa shape index (κ2) is 6.94. The molecule has 0 atom stereocenters. The van der Waals surface area contributed by atoms with E-state index < -0.39 is 5.97 Å². The van der Waals surface area contributed by atoms with Gasteiger partial charge in [0.15, 0.2) is 0 Å². The number of carboxylic acids is 1. The number of aromatic amines is 1. The first-order valence-electron chi connectivity index (χ1n) is 6.18. The zero-order valence-corrected chi connectivity index (χ0v) is 11.5. The van der Waals surface area contributed by atoms with Gasteiger partial charge in [-0.15, -0.1) is 0 Å². The van der Waals surface area contributed by atoms with Crippen LogP contribution in [0.5, 0.6) is 0 Å². The van der Waals surface area contributed by atoms with E-state index >= 15 is 0 Å². The van der Waals surface area contributed by atoms with E-state index in [2.05, 4.69) is 10.3 Å². The largest absolute Gasteiger partial charge is 0.477 e. The van der Waals surface area contributed by atoms with E-state index in [1.165, 1.54) is 0 Å². The molecule has 0 aromatic carbocycles. The van der Waals surface area contributed by atoms with Crippen LogP contribution in [0.4, 0.5) is 0 Å². The standard InChI is InChI=1S/C13H20N2O4/c1-8-10(9(2)15-11(8)13(17)18)12(16)14-6-4-5-7-19-3/h15H,4-7H2,1-3H3,(H,14,16)(H,17,18). The number of carboxylic acid groups (broad SMARTS) is 1. The van der Waals surface area contributed by atoms with Gasteiger partial charge in [-0.25, -0.2) is 4.79 Å². The Hall–Kier alpha value is -1.82. The van der Waals surface area contributed by atoms with E-state index in [1.807, 2.05) is 0 Å². The molecule has 1 amide bonds. The van der Waals surface area contributed by atoms with Crippen LogP contribution < -0.4 is 5.32 Å². The summed E-state index contributed by atoms with van der Waals surface area (Å²) in [5.41, 5.74) is 1.54. The van der Waals surface area contributed by atoms with Gasteiger partial charge in [0.1, 0.15) is 5.69 Å². The quantitative estimate of drug-likeness (QED) is 0.653. The van der Waals surface area contributed by atoms with Crippen LogP contribution in [-0.2, 0) is 4.74 Å². The number of ether oxygens (including phenoxy) is 1. The molecule has 0 spiro atoms. The van der Waals surface area contributed by atoms with E-state index in [1.54, 1.807) is 21.0 Å². The van der Waals surface area contributed by atoms with Crippen molar-refractivity contribution in [2.75, 3.05) is 20.3 Å². The molecule has 3 N–H and O–H groups in total. The van der Waals surface area contributed by atoms with E-state index in [0.29, 0.717) is 30.0 Å². The highest BCUT2D eigenvalue weighted by Gasteiger charge is 2.20. The Morgan fingerprint density at radius 1 is 1.32 bits per heavy atom. The smallest absolute Gasteiger partial charge is 0.352 e. The molecule has 0 unspecified atom stereocenters. The Morgan fingerprint density at radius 3 is 2.53 bits per heavy atom. The zero-order valence-electron chi connectivity index (χ0n) is 11.5. The molecule has 0 radical (unpaired) electrons. The van der Waals surface area contributed by atoms with Crippen molar-refractivity contribution in [1.82, 2.24) is 10.3 Å². The lowest BCUT2D eigenvalue weighted by atomic mass is 10.1. The number of carbonyl (C=O) groups is 2. The predicted molar refractivity (Wildman–Crippen MR) is 70.7 cm³/mol. The second-order valence-corrected chi connectivity index (χ2v) is 4.39. The minimum atomic E-state index is -1.06. The van der Waals surface area contributed by atoms with Crippen molar-refractivity contribution in [3.05, 3.63) is 22.5 Å². The van der Waals surface area contributed by atoms with Crippen molar-refractivity contribution in [2.45, 2.75) is 26.7 Å². The molecule has 0 saturated heterocycles. The van der Waals surface area contributed by atoms with Crippen molar-refractivity contribution < 1.29 is 19.4 Å². The van der Waals surface area contributed by atoms with Gasteiger partial charge in [0.05, 0.1) is 5.56 Å². The van der Waals surface area contributed by atoms with Gasteiger partial charge in [0.25, 0.3) is 5.91 Å². The Bertz CT molecular complexity index is 465. The van der Waals surface area contributed by atoms with Gasteiger partial charge >= 0.3 is 5.97 Å². The van der Waals surface area contributed by atoms with Crippen molar-refractivity contribution in [1.29, 1.82) is 0 Å². The number of carbonyl (C=O) groups excluding carboxylic acids is 1. The van der Waals surface area contributed by atoms with Crippen LogP contribution in [-0.4, -0.2) is 42.2 Å². The lowest BCUT2D eigenvalue weighted by Crippen LogP contribution is -2.25. The molecule has 1 rings (SSSR count). The highest BCUT2D eigenvalue weighted by Crippen LogP contribution is 2.17. The lowest BCUT2D eigenvalue weighted by molar-refractivity contribution is 0.0690. The molecule has 0 aliphatic heterocycles. The molecule has 0 aliphatic rings. The van der Waals surface area contributed by atoms with E-state index in [0.717, 1.165) is 12.8 Å². The molecule has 1 heterocycles. The summed E-state index contributed by atoms with van der Waals surface area (Å²) in [5.74, 6) is -1.30. The maximum atomic E-state index is 12.0. The molecule has 1 aromatic rings. The van der Waals surface area contributed by atoms with Gasteiger partial charge in [-0.1, -0.05) is 0 Å². The van der Waals surface area contributed by atoms with Crippen LogP contribution in [0.2, 0.25) is 0 Å². The number of nitrogens with one attached hydrogen (secondary N) is 2. The number of methoxy groups -OCH3 is 1. The number of unbranched alkanes of at least 4 members (excludes halogenated alkanes) is 1. The summed E-state index contributed by atoms with van der Waals surface area (Å²) < 4.78 is 4.92. The fraction of sp³-hybridized carbons (Fsp3) is 0.538. The molecule has 0 saturated carbocycles. The van der Waals surface area contributed by atoms with Gasteiger partial charge in [0.2, 0.25) is 0 Å². The average molecular weight is 268 g/mol. The molecule has 0 fully saturated rings. The van der Waals surface area contributed by atoms with Crippen molar-refractivity contribution in [3.63, 3.8) is 0 Å².